The normalized spacial score (nSPS) is 13.2. The number of aromatic nitrogens is 2. The highest BCUT2D eigenvalue weighted by Crippen LogP contribution is 2.36. The number of anilines is 2. The number of aryl methyl sites for hydroxylation is 1. The van der Waals surface area contributed by atoms with E-state index in [4.69, 9.17) is 5.73 Å². The second kappa shape index (κ2) is 4.55. The predicted molar refractivity (Wildman–Crippen MR) is 74.1 cm³/mol. The van der Waals surface area contributed by atoms with Crippen molar-refractivity contribution in [2.45, 2.75) is 23.4 Å². The highest BCUT2D eigenvalue weighted by atomic mass is 32.2. The second-order valence-electron chi connectivity index (χ2n) is 4.35. The minimum absolute atomic E-state index is 0.00311. The lowest BCUT2D eigenvalue weighted by atomic mass is 10.1. The molecule has 2 heterocycles. The van der Waals surface area contributed by atoms with Gasteiger partial charge in [-0.3, -0.25) is 4.79 Å². The Bertz CT molecular complexity index is 672. The van der Waals surface area contributed by atoms with Gasteiger partial charge in [0.15, 0.2) is 5.16 Å². The average molecular weight is 272 g/mol. The van der Waals surface area contributed by atoms with E-state index >= 15 is 0 Å². The zero-order valence-electron chi connectivity index (χ0n) is 10.3. The van der Waals surface area contributed by atoms with E-state index < -0.39 is 0 Å². The van der Waals surface area contributed by atoms with Crippen molar-refractivity contribution in [3.63, 3.8) is 0 Å². The molecular formula is C13H12N4OS. The number of hydrogen-bond acceptors (Lipinski definition) is 5. The van der Waals surface area contributed by atoms with Crippen LogP contribution in [0.15, 0.2) is 34.4 Å². The Labute approximate surface area is 114 Å². The molecule has 0 saturated carbocycles. The molecule has 1 aromatic heterocycles. The predicted octanol–water partition coefficient (Wildman–Crippen LogP) is 2.01. The van der Waals surface area contributed by atoms with Gasteiger partial charge in [0.2, 0.25) is 5.91 Å². The third-order valence-corrected chi connectivity index (χ3v) is 3.79. The van der Waals surface area contributed by atoms with Crippen molar-refractivity contribution >= 4 is 29.0 Å². The Hall–Kier alpha value is -2.08. The van der Waals surface area contributed by atoms with Gasteiger partial charge in [-0.1, -0.05) is 0 Å². The zero-order valence-corrected chi connectivity index (χ0v) is 11.1. The maximum atomic E-state index is 11.3. The number of carbonyl (C=O) groups is 1. The summed E-state index contributed by atoms with van der Waals surface area (Å²) in [5.41, 5.74) is 9.33. The summed E-state index contributed by atoms with van der Waals surface area (Å²) in [7, 11) is 0. The largest absolute Gasteiger partial charge is 0.398 e. The number of nitrogens with zero attached hydrogens (tertiary/aromatic N) is 2. The van der Waals surface area contributed by atoms with E-state index in [1.807, 2.05) is 25.1 Å². The molecule has 1 aliphatic heterocycles. The number of rotatable bonds is 2. The molecule has 0 spiro atoms. The number of amides is 1. The van der Waals surface area contributed by atoms with Crippen molar-refractivity contribution < 1.29 is 4.79 Å². The summed E-state index contributed by atoms with van der Waals surface area (Å²) >= 11 is 1.40. The van der Waals surface area contributed by atoms with Crippen molar-refractivity contribution in [2.75, 3.05) is 11.1 Å². The maximum Gasteiger partial charge on any atom is 0.228 e. The topological polar surface area (TPSA) is 80.9 Å². The van der Waals surface area contributed by atoms with Crippen molar-refractivity contribution in [1.82, 2.24) is 9.97 Å². The van der Waals surface area contributed by atoms with Crippen LogP contribution in [0.1, 0.15) is 11.3 Å². The molecule has 0 unspecified atom stereocenters. The summed E-state index contributed by atoms with van der Waals surface area (Å²) < 4.78 is 0. The number of nitrogens with one attached hydrogen (secondary N) is 1. The average Bonchev–Trinajstić information content (AvgIpc) is 2.69. The van der Waals surface area contributed by atoms with Crippen LogP contribution in [0.5, 0.6) is 0 Å². The summed E-state index contributed by atoms with van der Waals surface area (Å²) in [4.78, 5) is 20.7. The van der Waals surface area contributed by atoms with Crippen LogP contribution >= 0.6 is 11.8 Å². The monoisotopic (exact) mass is 272 g/mol. The number of fused-ring (bicyclic) bond motifs is 1. The van der Waals surface area contributed by atoms with E-state index in [1.54, 1.807) is 6.20 Å². The van der Waals surface area contributed by atoms with Gasteiger partial charge in [0.25, 0.3) is 0 Å². The maximum absolute atomic E-state index is 11.3. The van der Waals surface area contributed by atoms with Gasteiger partial charge in [0.1, 0.15) is 0 Å². The lowest BCUT2D eigenvalue weighted by Crippen LogP contribution is -2.03. The lowest BCUT2D eigenvalue weighted by Gasteiger charge is -2.07. The van der Waals surface area contributed by atoms with E-state index in [2.05, 4.69) is 15.3 Å². The summed E-state index contributed by atoms with van der Waals surface area (Å²) in [6.07, 6.45) is 2.11. The molecule has 3 rings (SSSR count). The highest BCUT2D eigenvalue weighted by molar-refractivity contribution is 7.99. The van der Waals surface area contributed by atoms with Crippen LogP contribution in [0, 0.1) is 6.92 Å². The fraction of sp³-hybridized carbons (Fsp3) is 0.154. The van der Waals surface area contributed by atoms with Crippen LogP contribution < -0.4 is 11.1 Å². The fourth-order valence-corrected chi connectivity index (χ4v) is 2.79. The van der Waals surface area contributed by atoms with Crippen molar-refractivity contribution in [2.24, 2.45) is 0 Å². The van der Waals surface area contributed by atoms with Crippen LogP contribution in [-0.4, -0.2) is 15.9 Å². The summed E-state index contributed by atoms with van der Waals surface area (Å²) in [6, 6.07) is 5.56. The van der Waals surface area contributed by atoms with Gasteiger partial charge >= 0.3 is 0 Å². The van der Waals surface area contributed by atoms with Gasteiger partial charge in [-0.25, -0.2) is 9.97 Å². The van der Waals surface area contributed by atoms with Crippen LogP contribution in [0.2, 0.25) is 0 Å². The number of benzene rings is 1. The Morgan fingerprint density at radius 2 is 2.26 bits per heavy atom. The number of carbonyl (C=O) groups excluding carboxylic acids is 1. The van der Waals surface area contributed by atoms with E-state index in [0.717, 1.165) is 21.8 Å². The van der Waals surface area contributed by atoms with E-state index in [9.17, 15) is 4.79 Å². The summed E-state index contributed by atoms with van der Waals surface area (Å²) in [5, 5.41) is 3.46. The molecule has 0 bridgehead atoms. The Balaban J connectivity index is 1.94. The minimum atomic E-state index is 0.00311. The molecular weight excluding hydrogens is 260 g/mol. The first-order valence-corrected chi connectivity index (χ1v) is 6.63. The molecule has 5 nitrogen and oxygen atoms in total. The van der Waals surface area contributed by atoms with Crippen LogP contribution in [0.25, 0.3) is 0 Å². The molecule has 0 radical (unpaired) electrons. The number of nitrogens with two attached hydrogens (primary N) is 1. The van der Waals surface area contributed by atoms with E-state index in [-0.39, 0.29) is 5.91 Å². The molecule has 0 aliphatic carbocycles. The molecule has 0 fully saturated rings. The Morgan fingerprint density at radius 1 is 1.42 bits per heavy atom. The molecule has 6 heteroatoms. The molecule has 1 aromatic carbocycles. The van der Waals surface area contributed by atoms with Crippen molar-refractivity contribution in [3.05, 3.63) is 35.7 Å². The third-order valence-electron chi connectivity index (χ3n) is 2.83. The molecule has 1 aliphatic rings. The number of nitrogen functional groups attached to an aromatic ring is 1. The molecule has 3 N–H and O–H groups in total. The smallest absolute Gasteiger partial charge is 0.228 e. The number of hydrogen-bond donors (Lipinski definition) is 2. The third kappa shape index (κ3) is 2.39. The van der Waals surface area contributed by atoms with Crippen LogP contribution in [-0.2, 0) is 11.2 Å². The molecule has 0 atom stereocenters. The first kappa shape index (κ1) is 12.0. The Morgan fingerprint density at radius 3 is 3.05 bits per heavy atom. The molecule has 19 heavy (non-hydrogen) atoms. The minimum Gasteiger partial charge on any atom is -0.398 e. The molecule has 96 valence electrons. The quantitative estimate of drug-likeness (QED) is 0.645. The second-order valence-corrected chi connectivity index (χ2v) is 5.36. The van der Waals surface area contributed by atoms with E-state index in [0.29, 0.717) is 17.3 Å². The Kier molecular flexibility index (Phi) is 2.87. The highest BCUT2D eigenvalue weighted by Gasteiger charge is 2.19. The van der Waals surface area contributed by atoms with Crippen LogP contribution in [0.3, 0.4) is 0 Å². The standard InChI is InChI=1S/C13H12N4OS/c1-7-2-3-15-13(16-7)19-11-6-10-8(4-9(11)14)5-12(18)17-10/h2-4,6H,5,14H2,1H3,(H,17,18). The van der Waals surface area contributed by atoms with Gasteiger partial charge in [-0.2, -0.15) is 0 Å². The summed E-state index contributed by atoms with van der Waals surface area (Å²) in [5.74, 6) is 0.00311. The molecule has 2 aromatic rings. The zero-order chi connectivity index (χ0) is 13.4. The van der Waals surface area contributed by atoms with Gasteiger partial charge in [0, 0.05) is 28.2 Å². The van der Waals surface area contributed by atoms with E-state index in [1.165, 1.54) is 11.8 Å². The van der Waals surface area contributed by atoms with Crippen LogP contribution in [0.4, 0.5) is 11.4 Å². The summed E-state index contributed by atoms with van der Waals surface area (Å²) in [6.45, 7) is 1.91. The molecule has 1 amide bonds. The first-order chi connectivity index (χ1) is 9.11. The lowest BCUT2D eigenvalue weighted by molar-refractivity contribution is -0.115. The van der Waals surface area contributed by atoms with Gasteiger partial charge in [-0.05, 0) is 42.4 Å². The SMILES string of the molecule is Cc1ccnc(Sc2cc3c(cc2N)CC(=O)N3)n1. The van der Waals surface area contributed by atoms with Gasteiger partial charge < -0.3 is 11.1 Å². The van der Waals surface area contributed by atoms with Crippen molar-refractivity contribution in [3.8, 4) is 0 Å². The fourth-order valence-electron chi connectivity index (χ4n) is 1.94. The first-order valence-electron chi connectivity index (χ1n) is 5.81. The molecule has 0 saturated heterocycles. The van der Waals surface area contributed by atoms with Gasteiger partial charge in [-0.15, -0.1) is 0 Å². The van der Waals surface area contributed by atoms with Gasteiger partial charge in [0.05, 0.1) is 6.42 Å². The van der Waals surface area contributed by atoms with Crippen molar-refractivity contribution in [1.29, 1.82) is 0 Å².